The van der Waals surface area contributed by atoms with Gasteiger partial charge < -0.3 is 10.6 Å². The van der Waals surface area contributed by atoms with Gasteiger partial charge in [0.25, 0.3) is 0 Å². The normalized spacial score (nSPS) is 12.0. The topological polar surface area (TPSA) is 41.1 Å². The summed E-state index contributed by atoms with van der Waals surface area (Å²) in [4.78, 5) is 11.6. The zero-order valence-corrected chi connectivity index (χ0v) is 11.2. The van der Waals surface area contributed by atoms with Gasteiger partial charge in [-0.25, -0.2) is 4.39 Å². The lowest BCUT2D eigenvalue weighted by Crippen LogP contribution is -2.36. The van der Waals surface area contributed by atoms with Crippen LogP contribution in [0.15, 0.2) is 18.2 Å². The van der Waals surface area contributed by atoms with E-state index in [0.717, 1.165) is 24.1 Å². The van der Waals surface area contributed by atoms with Crippen molar-refractivity contribution < 1.29 is 9.18 Å². The molecule has 1 aromatic carbocycles. The molecule has 100 valence electrons. The van der Waals surface area contributed by atoms with Crippen molar-refractivity contribution in [2.75, 3.05) is 11.9 Å². The zero-order chi connectivity index (χ0) is 13.5. The highest BCUT2D eigenvalue weighted by Gasteiger charge is 2.07. The Labute approximate surface area is 108 Å². The molecule has 0 fully saturated rings. The van der Waals surface area contributed by atoms with E-state index in [1.165, 1.54) is 12.1 Å². The minimum absolute atomic E-state index is 0.0420. The van der Waals surface area contributed by atoms with Gasteiger partial charge in [-0.3, -0.25) is 4.79 Å². The highest BCUT2D eigenvalue weighted by Crippen LogP contribution is 2.15. The summed E-state index contributed by atoms with van der Waals surface area (Å²) in [6.45, 7) is 6.09. The molecule has 18 heavy (non-hydrogen) atoms. The van der Waals surface area contributed by atoms with Gasteiger partial charge in [-0.05, 0) is 44.0 Å². The van der Waals surface area contributed by atoms with E-state index in [2.05, 4.69) is 17.6 Å². The van der Waals surface area contributed by atoms with Crippen molar-refractivity contribution in [2.45, 2.75) is 39.7 Å². The monoisotopic (exact) mass is 252 g/mol. The molecule has 0 aromatic heterocycles. The Morgan fingerprint density at radius 1 is 1.44 bits per heavy atom. The maximum Gasteiger partial charge on any atom is 0.239 e. The van der Waals surface area contributed by atoms with Crippen LogP contribution in [0.5, 0.6) is 0 Å². The Balaban J connectivity index is 2.42. The molecule has 0 aliphatic carbocycles. The summed E-state index contributed by atoms with van der Waals surface area (Å²) >= 11 is 0. The minimum atomic E-state index is -0.265. The number of halogens is 1. The van der Waals surface area contributed by atoms with Crippen LogP contribution in [0.2, 0.25) is 0 Å². The summed E-state index contributed by atoms with van der Waals surface area (Å²) in [5, 5.41) is 5.92. The maximum absolute atomic E-state index is 12.9. The number of carbonyl (C=O) groups excluding carboxylic acids is 1. The molecule has 1 amide bonds. The lowest BCUT2D eigenvalue weighted by Gasteiger charge is -2.14. The van der Waals surface area contributed by atoms with E-state index in [4.69, 9.17) is 0 Å². The van der Waals surface area contributed by atoms with Crippen LogP contribution in [0.25, 0.3) is 0 Å². The van der Waals surface area contributed by atoms with Crippen LogP contribution in [0, 0.1) is 12.7 Å². The Bertz CT molecular complexity index is 407. The van der Waals surface area contributed by atoms with Gasteiger partial charge in [0.2, 0.25) is 5.91 Å². The third kappa shape index (κ3) is 4.73. The average Bonchev–Trinajstić information content (AvgIpc) is 2.28. The Kier molecular flexibility index (Phi) is 5.62. The van der Waals surface area contributed by atoms with Gasteiger partial charge in [0, 0.05) is 11.7 Å². The van der Waals surface area contributed by atoms with E-state index in [1.807, 2.05) is 13.8 Å². The van der Waals surface area contributed by atoms with Gasteiger partial charge in [-0.2, -0.15) is 0 Å². The van der Waals surface area contributed by atoms with Crippen molar-refractivity contribution in [2.24, 2.45) is 0 Å². The average molecular weight is 252 g/mol. The van der Waals surface area contributed by atoms with Crippen molar-refractivity contribution in [1.82, 2.24) is 5.32 Å². The predicted octanol–water partition coefficient (Wildman–Crippen LogP) is 2.85. The molecule has 0 bridgehead atoms. The molecule has 1 rings (SSSR count). The number of aryl methyl sites for hydroxylation is 1. The molecule has 0 aliphatic heterocycles. The molecule has 1 aromatic rings. The van der Waals surface area contributed by atoms with Crippen molar-refractivity contribution in [3.63, 3.8) is 0 Å². The van der Waals surface area contributed by atoms with E-state index in [-0.39, 0.29) is 24.3 Å². The molecule has 3 nitrogen and oxygen atoms in total. The number of carbonyl (C=O) groups is 1. The second-order valence-electron chi connectivity index (χ2n) is 4.57. The van der Waals surface area contributed by atoms with Gasteiger partial charge in [0.1, 0.15) is 5.82 Å². The molecule has 1 atom stereocenters. The Morgan fingerprint density at radius 2 is 2.17 bits per heavy atom. The number of hydrogen-bond donors (Lipinski definition) is 2. The molecular weight excluding hydrogens is 231 g/mol. The summed E-state index contributed by atoms with van der Waals surface area (Å²) in [5.74, 6) is -0.307. The SMILES string of the molecule is CCCC(C)NC(=O)CNc1ccc(F)cc1C. The zero-order valence-electron chi connectivity index (χ0n) is 11.2. The maximum atomic E-state index is 12.9. The molecule has 1 unspecified atom stereocenters. The second-order valence-corrected chi connectivity index (χ2v) is 4.57. The summed E-state index contributed by atoms with van der Waals surface area (Å²) < 4.78 is 12.9. The Morgan fingerprint density at radius 3 is 2.78 bits per heavy atom. The van der Waals surface area contributed by atoms with Gasteiger partial charge >= 0.3 is 0 Å². The fourth-order valence-corrected chi connectivity index (χ4v) is 1.83. The van der Waals surface area contributed by atoms with Crippen LogP contribution in [0.1, 0.15) is 32.3 Å². The molecule has 0 saturated carbocycles. The molecule has 0 saturated heterocycles. The van der Waals surface area contributed by atoms with Crippen molar-refractivity contribution in [3.8, 4) is 0 Å². The van der Waals surface area contributed by atoms with Crippen LogP contribution in [0.3, 0.4) is 0 Å². The molecule has 0 heterocycles. The van der Waals surface area contributed by atoms with Crippen LogP contribution in [0.4, 0.5) is 10.1 Å². The number of rotatable bonds is 6. The van der Waals surface area contributed by atoms with Crippen LogP contribution >= 0.6 is 0 Å². The van der Waals surface area contributed by atoms with Gasteiger partial charge in [0.05, 0.1) is 6.54 Å². The lowest BCUT2D eigenvalue weighted by atomic mass is 10.2. The standard InChI is InChI=1S/C14H21FN2O/c1-4-5-11(3)17-14(18)9-16-13-7-6-12(15)8-10(13)2/h6-8,11,16H,4-5,9H2,1-3H3,(H,17,18). The second kappa shape index (κ2) is 6.99. The van der Waals surface area contributed by atoms with E-state index in [1.54, 1.807) is 6.07 Å². The summed E-state index contributed by atoms with van der Waals surface area (Å²) in [5.41, 5.74) is 1.58. The molecule has 4 heteroatoms. The molecule has 0 aliphatic rings. The van der Waals surface area contributed by atoms with Crippen molar-refractivity contribution in [1.29, 1.82) is 0 Å². The predicted molar refractivity (Wildman–Crippen MR) is 72.1 cm³/mol. The van der Waals surface area contributed by atoms with E-state index < -0.39 is 0 Å². The highest BCUT2D eigenvalue weighted by molar-refractivity contribution is 5.81. The first-order valence-corrected chi connectivity index (χ1v) is 6.32. The first-order valence-electron chi connectivity index (χ1n) is 6.32. The van der Waals surface area contributed by atoms with E-state index in [9.17, 15) is 9.18 Å². The fraction of sp³-hybridized carbons (Fsp3) is 0.500. The summed E-state index contributed by atoms with van der Waals surface area (Å²) in [7, 11) is 0. The van der Waals surface area contributed by atoms with E-state index in [0.29, 0.717) is 0 Å². The summed E-state index contributed by atoms with van der Waals surface area (Å²) in [6, 6.07) is 4.67. The largest absolute Gasteiger partial charge is 0.376 e. The number of anilines is 1. The number of amides is 1. The van der Waals surface area contributed by atoms with Gasteiger partial charge in [-0.15, -0.1) is 0 Å². The lowest BCUT2D eigenvalue weighted by molar-refractivity contribution is -0.120. The van der Waals surface area contributed by atoms with Crippen LogP contribution in [-0.2, 0) is 4.79 Å². The number of nitrogens with one attached hydrogen (secondary N) is 2. The van der Waals surface area contributed by atoms with Crippen molar-refractivity contribution >= 4 is 11.6 Å². The first-order chi connectivity index (χ1) is 8.52. The molecule has 2 N–H and O–H groups in total. The quantitative estimate of drug-likeness (QED) is 0.817. The van der Waals surface area contributed by atoms with Gasteiger partial charge in [0.15, 0.2) is 0 Å². The minimum Gasteiger partial charge on any atom is -0.376 e. The van der Waals surface area contributed by atoms with Crippen LogP contribution < -0.4 is 10.6 Å². The van der Waals surface area contributed by atoms with Crippen molar-refractivity contribution in [3.05, 3.63) is 29.6 Å². The molecular formula is C14H21FN2O. The molecule has 0 radical (unpaired) electrons. The Hall–Kier alpha value is -1.58. The van der Waals surface area contributed by atoms with Gasteiger partial charge in [-0.1, -0.05) is 13.3 Å². The first kappa shape index (κ1) is 14.5. The number of benzene rings is 1. The van der Waals surface area contributed by atoms with Crippen LogP contribution in [-0.4, -0.2) is 18.5 Å². The third-order valence-corrected chi connectivity index (χ3v) is 2.76. The number of hydrogen-bond acceptors (Lipinski definition) is 2. The fourth-order valence-electron chi connectivity index (χ4n) is 1.83. The third-order valence-electron chi connectivity index (χ3n) is 2.76. The van der Waals surface area contributed by atoms with E-state index >= 15 is 0 Å². The highest BCUT2D eigenvalue weighted by atomic mass is 19.1. The molecule has 0 spiro atoms. The smallest absolute Gasteiger partial charge is 0.239 e. The summed E-state index contributed by atoms with van der Waals surface area (Å²) in [6.07, 6.45) is 2.02.